The second kappa shape index (κ2) is 6.91. The third kappa shape index (κ3) is 3.76. The highest BCUT2D eigenvalue weighted by Gasteiger charge is 2.28. The molecule has 1 fully saturated rings. The van der Waals surface area contributed by atoms with E-state index >= 15 is 0 Å². The first-order valence-electron chi connectivity index (χ1n) is 7.78. The summed E-state index contributed by atoms with van der Waals surface area (Å²) in [5.74, 6) is -0.383. The Morgan fingerprint density at radius 3 is 2.65 bits per heavy atom. The van der Waals surface area contributed by atoms with E-state index in [2.05, 4.69) is 10.2 Å². The molecule has 0 saturated carbocycles. The van der Waals surface area contributed by atoms with E-state index in [1.807, 2.05) is 11.8 Å². The van der Waals surface area contributed by atoms with Gasteiger partial charge in [-0.3, -0.25) is 9.89 Å². The number of benzene rings is 1. The number of nitrogens with zero attached hydrogens (tertiary/aromatic N) is 2. The monoisotopic (exact) mass is 317 g/mol. The number of nitrogens with one attached hydrogen (secondary N) is 1. The first kappa shape index (κ1) is 15.7. The van der Waals surface area contributed by atoms with Gasteiger partial charge < -0.3 is 9.64 Å². The van der Waals surface area contributed by atoms with Gasteiger partial charge in [0.2, 0.25) is 0 Å². The molecule has 3 rings (SSSR count). The topological polar surface area (TPSA) is 58.2 Å². The van der Waals surface area contributed by atoms with Gasteiger partial charge in [-0.25, -0.2) is 4.39 Å². The highest BCUT2D eigenvalue weighted by molar-refractivity contribution is 5.92. The van der Waals surface area contributed by atoms with Crippen LogP contribution in [0.4, 0.5) is 4.39 Å². The van der Waals surface area contributed by atoms with Crippen LogP contribution in [0.1, 0.15) is 34.6 Å². The Hall–Kier alpha value is -2.21. The third-order valence-corrected chi connectivity index (χ3v) is 4.08. The lowest BCUT2D eigenvalue weighted by atomic mass is 10.0. The Morgan fingerprint density at radius 2 is 2.04 bits per heavy atom. The van der Waals surface area contributed by atoms with Gasteiger partial charge in [0.1, 0.15) is 11.5 Å². The molecule has 0 radical (unpaired) electrons. The van der Waals surface area contributed by atoms with Crippen LogP contribution in [0.2, 0.25) is 0 Å². The van der Waals surface area contributed by atoms with E-state index in [0.29, 0.717) is 25.5 Å². The summed E-state index contributed by atoms with van der Waals surface area (Å²) in [5.41, 5.74) is 2.16. The number of ether oxygens (including phenoxy) is 1. The maximum Gasteiger partial charge on any atom is 0.274 e. The maximum atomic E-state index is 13.1. The molecule has 1 aliphatic rings. The number of hydrogen-bond acceptors (Lipinski definition) is 3. The van der Waals surface area contributed by atoms with Crippen molar-refractivity contribution in [1.82, 2.24) is 15.1 Å². The number of aryl methyl sites for hydroxylation is 1. The van der Waals surface area contributed by atoms with Gasteiger partial charge in [0, 0.05) is 31.5 Å². The van der Waals surface area contributed by atoms with Crippen molar-refractivity contribution in [3.05, 3.63) is 53.1 Å². The molecule has 0 aliphatic carbocycles. The minimum Gasteiger partial charge on any atom is -0.381 e. The van der Waals surface area contributed by atoms with Crippen LogP contribution in [0.5, 0.6) is 0 Å². The number of carbonyl (C=O) groups is 1. The molecule has 0 unspecified atom stereocenters. The number of amides is 1. The molecule has 0 atom stereocenters. The largest absolute Gasteiger partial charge is 0.381 e. The van der Waals surface area contributed by atoms with Gasteiger partial charge in [-0.05, 0) is 43.5 Å². The van der Waals surface area contributed by atoms with Crippen LogP contribution in [0.25, 0.3) is 0 Å². The van der Waals surface area contributed by atoms with E-state index in [1.165, 1.54) is 12.1 Å². The summed E-state index contributed by atoms with van der Waals surface area (Å²) in [4.78, 5) is 14.7. The van der Waals surface area contributed by atoms with Crippen molar-refractivity contribution < 1.29 is 13.9 Å². The van der Waals surface area contributed by atoms with Gasteiger partial charge in [0.25, 0.3) is 5.91 Å². The van der Waals surface area contributed by atoms with Gasteiger partial charge in [-0.15, -0.1) is 0 Å². The lowest BCUT2D eigenvalue weighted by Gasteiger charge is -2.34. The fourth-order valence-corrected chi connectivity index (χ4v) is 2.82. The van der Waals surface area contributed by atoms with E-state index < -0.39 is 0 Å². The summed E-state index contributed by atoms with van der Waals surface area (Å²) in [5, 5.41) is 6.89. The first-order chi connectivity index (χ1) is 11.1. The average Bonchev–Trinajstić information content (AvgIpc) is 3.01. The molecule has 2 aromatic rings. The quantitative estimate of drug-likeness (QED) is 0.943. The maximum absolute atomic E-state index is 13.1. The normalized spacial score (nSPS) is 15.6. The van der Waals surface area contributed by atoms with Crippen molar-refractivity contribution in [2.75, 3.05) is 13.2 Å². The molecule has 0 spiro atoms. The summed E-state index contributed by atoms with van der Waals surface area (Å²) in [6.45, 7) is 3.60. The van der Waals surface area contributed by atoms with Crippen LogP contribution in [-0.4, -0.2) is 40.3 Å². The fourth-order valence-electron chi connectivity index (χ4n) is 2.82. The van der Waals surface area contributed by atoms with Crippen molar-refractivity contribution in [2.24, 2.45) is 0 Å². The highest BCUT2D eigenvalue weighted by atomic mass is 19.1. The molecule has 1 N–H and O–H groups in total. The number of carbonyl (C=O) groups excluding carboxylic acids is 1. The summed E-state index contributed by atoms with van der Waals surface area (Å²) in [7, 11) is 0. The van der Waals surface area contributed by atoms with Crippen LogP contribution >= 0.6 is 0 Å². The number of aromatic nitrogens is 2. The van der Waals surface area contributed by atoms with E-state index in [9.17, 15) is 9.18 Å². The zero-order valence-corrected chi connectivity index (χ0v) is 13.1. The van der Waals surface area contributed by atoms with Crippen LogP contribution < -0.4 is 0 Å². The van der Waals surface area contributed by atoms with Gasteiger partial charge in [0.05, 0.1) is 0 Å². The third-order valence-electron chi connectivity index (χ3n) is 4.08. The minimum atomic E-state index is -0.277. The fraction of sp³-hybridized carbons (Fsp3) is 0.412. The standard InChI is InChI=1S/C17H20FN3O2/c1-12-10-16(20-19-12)17(22)21(15-6-8-23-9-7-15)11-13-2-4-14(18)5-3-13/h2-5,10,15H,6-9,11H2,1H3,(H,19,20). The van der Waals surface area contributed by atoms with Gasteiger partial charge in [-0.2, -0.15) is 5.10 Å². The Morgan fingerprint density at radius 1 is 1.35 bits per heavy atom. The molecular formula is C17H20FN3O2. The number of rotatable bonds is 4. The second-order valence-corrected chi connectivity index (χ2v) is 5.84. The van der Waals surface area contributed by atoms with Crippen molar-refractivity contribution in [3.63, 3.8) is 0 Å². The molecule has 1 amide bonds. The Labute approximate surface area is 134 Å². The van der Waals surface area contributed by atoms with Crippen molar-refractivity contribution in [2.45, 2.75) is 32.4 Å². The minimum absolute atomic E-state index is 0.106. The first-order valence-corrected chi connectivity index (χ1v) is 7.78. The summed E-state index contributed by atoms with van der Waals surface area (Å²) >= 11 is 0. The number of aromatic amines is 1. The number of hydrogen-bond donors (Lipinski definition) is 1. The van der Waals surface area contributed by atoms with Crippen LogP contribution in [0.3, 0.4) is 0 Å². The van der Waals surface area contributed by atoms with Gasteiger partial charge in [-0.1, -0.05) is 12.1 Å². The molecule has 1 aromatic heterocycles. The van der Waals surface area contributed by atoms with Gasteiger partial charge in [0.15, 0.2) is 0 Å². The lowest BCUT2D eigenvalue weighted by Crippen LogP contribution is -2.43. The summed E-state index contributed by atoms with van der Waals surface area (Å²) in [6, 6.07) is 8.12. The van der Waals surface area contributed by atoms with E-state index in [4.69, 9.17) is 4.74 Å². The predicted molar refractivity (Wildman–Crippen MR) is 83.4 cm³/mol. The summed E-state index contributed by atoms with van der Waals surface area (Å²) in [6.07, 6.45) is 1.60. The van der Waals surface area contributed by atoms with Crippen LogP contribution in [0.15, 0.2) is 30.3 Å². The zero-order valence-electron chi connectivity index (χ0n) is 13.1. The average molecular weight is 317 g/mol. The molecule has 1 aliphatic heterocycles. The molecule has 1 aromatic carbocycles. The molecule has 0 bridgehead atoms. The van der Waals surface area contributed by atoms with E-state index in [-0.39, 0.29) is 17.8 Å². The second-order valence-electron chi connectivity index (χ2n) is 5.84. The Bertz CT molecular complexity index is 663. The number of halogens is 1. The van der Waals surface area contributed by atoms with Crippen molar-refractivity contribution in [1.29, 1.82) is 0 Å². The molecule has 5 nitrogen and oxygen atoms in total. The van der Waals surface area contributed by atoms with Crippen LogP contribution in [-0.2, 0) is 11.3 Å². The van der Waals surface area contributed by atoms with Gasteiger partial charge >= 0.3 is 0 Å². The molecule has 2 heterocycles. The van der Waals surface area contributed by atoms with E-state index in [0.717, 1.165) is 24.1 Å². The van der Waals surface area contributed by atoms with E-state index in [1.54, 1.807) is 18.2 Å². The zero-order chi connectivity index (χ0) is 16.2. The molecule has 23 heavy (non-hydrogen) atoms. The number of H-pyrrole nitrogens is 1. The molecular weight excluding hydrogens is 297 g/mol. The Kier molecular flexibility index (Phi) is 4.71. The van der Waals surface area contributed by atoms with Crippen molar-refractivity contribution >= 4 is 5.91 Å². The summed E-state index contributed by atoms with van der Waals surface area (Å²) < 4.78 is 18.5. The Balaban J connectivity index is 1.83. The lowest BCUT2D eigenvalue weighted by molar-refractivity contribution is 0.0264. The smallest absolute Gasteiger partial charge is 0.274 e. The predicted octanol–water partition coefficient (Wildman–Crippen LogP) is 2.68. The SMILES string of the molecule is Cc1cc(C(=O)N(Cc2ccc(F)cc2)C2CCOCC2)n[nH]1. The molecule has 6 heteroatoms. The molecule has 122 valence electrons. The van der Waals surface area contributed by atoms with Crippen molar-refractivity contribution in [3.8, 4) is 0 Å². The highest BCUT2D eigenvalue weighted by Crippen LogP contribution is 2.20. The van der Waals surface area contributed by atoms with Crippen LogP contribution in [0, 0.1) is 12.7 Å². The molecule has 1 saturated heterocycles.